The average molecular weight is 473 g/mol. The summed E-state index contributed by atoms with van der Waals surface area (Å²) >= 11 is 1.27. The van der Waals surface area contributed by atoms with E-state index in [0.717, 1.165) is 39.3 Å². The van der Waals surface area contributed by atoms with Crippen LogP contribution in [0.1, 0.15) is 25.0 Å². The highest BCUT2D eigenvalue weighted by Crippen LogP contribution is 2.31. The molecule has 0 aliphatic heterocycles. The fraction of sp³-hybridized carbons (Fsp3) is 0.192. The van der Waals surface area contributed by atoms with Gasteiger partial charge in [0.2, 0.25) is 0 Å². The van der Waals surface area contributed by atoms with Crippen molar-refractivity contribution in [2.75, 3.05) is 6.61 Å². The number of aliphatic carboxylic acids is 1. The molecule has 7 heteroatoms. The number of carboxylic acids is 1. The van der Waals surface area contributed by atoms with Gasteiger partial charge < -0.3 is 9.84 Å². The quantitative estimate of drug-likeness (QED) is 0.347. The first-order valence-corrected chi connectivity index (χ1v) is 11.1. The smallest absolute Gasteiger partial charge is 0.416 e. The second-order valence-electron chi connectivity index (χ2n) is 7.42. The molecule has 0 amide bonds. The number of hydrogen-bond acceptors (Lipinski definition) is 3. The first-order valence-electron chi connectivity index (χ1n) is 10.2. The summed E-state index contributed by atoms with van der Waals surface area (Å²) in [5.74, 6) is -0.169. The Morgan fingerprint density at radius 1 is 0.970 bits per heavy atom. The molecule has 0 bridgehead atoms. The van der Waals surface area contributed by atoms with Gasteiger partial charge in [0.1, 0.15) is 17.6 Å². The van der Waals surface area contributed by atoms with Gasteiger partial charge in [-0.15, -0.1) is 11.8 Å². The van der Waals surface area contributed by atoms with Crippen LogP contribution in [0.5, 0.6) is 5.75 Å². The molecular formula is C26H23F3O3S. The number of hydrogen-bond donors (Lipinski definition) is 1. The predicted octanol–water partition coefficient (Wildman–Crippen LogP) is 7.42. The molecule has 3 rings (SSSR count). The van der Waals surface area contributed by atoms with Gasteiger partial charge in [0.25, 0.3) is 0 Å². The van der Waals surface area contributed by atoms with Crippen molar-refractivity contribution in [3.05, 3.63) is 90.0 Å². The fourth-order valence-electron chi connectivity index (χ4n) is 3.03. The van der Waals surface area contributed by atoms with Gasteiger partial charge in [0.05, 0.1) is 5.56 Å². The van der Waals surface area contributed by atoms with Gasteiger partial charge in [-0.3, -0.25) is 4.79 Å². The van der Waals surface area contributed by atoms with Crippen molar-refractivity contribution in [1.82, 2.24) is 0 Å². The minimum Gasteiger partial charge on any atom is -0.490 e. The van der Waals surface area contributed by atoms with Gasteiger partial charge in [0, 0.05) is 4.90 Å². The molecule has 0 aliphatic rings. The second kappa shape index (κ2) is 10.6. The molecule has 1 atom stereocenters. The SMILES string of the molecule is C/C(=C\COc1ccc(SC(C)C(=O)O)cc1)c1ccc(-c2ccc(C(F)(F)F)cc2)cc1. The van der Waals surface area contributed by atoms with Crippen molar-refractivity contribution in [2.45, 2.75) is 30.2 Å². The lowest BCUT2D eigenvalue weighted by molar-refractivity contribution is -0.138. The van der Waals surface area contributed by atoms with E-state index in [4.69, 9.17) is 9.84 Å². The molecular weight excluding hydrogens is 449 g/mol. The molecule has 3 nitrogen and oxygen atoms in total. The largest absolute Gasteiger partial charge is 0.490 e. The van der Waals surface area contributed by atoms with E-state index in [1.165, 1.54) is 23.9 Å². The summed E-state index contributed by atoms with van der Waals surface area (Å²) in [7, 11) is 0. The number of allylic oxidation sites excluding steroid dienone is 1. The van der Waals surface area contributed by atoms with Gasteiger partial charge in [-0.2, -0.15) is 13.2 Å². The van der Waals surface area contributed by atoms with Gasteiger partial charge >= 0.3 is 12.1 Å². The Kier molecular flexibility index (Phi) is 7.87. The third-order valence-corrected chi connectivity index (χ3v) is 6.11. The molecule has 172 valence electrons. The maximum absolute atomic E-state index is 12.7. The van der Waals surface area contributed by atoms with E-state index < -0.39 is 23.0 Å². The molecule has 0 saturated heterocycles. The lowest BCUT2D eigenvalue weighted by Gasteiger charge is -2.09. The van der Waals surface area contributed by atoms with Crippen LogP contribution in [0.4, 0.5) is 13.2 Å². The number of alkyl halides is 3. The molecule has 1 N–H and O–H groups in total. The number of benzene rings is 3. The lowest BCUT2D eigenvalue weighted by atomic mass is 10.00. The molecule has 1 unspecified atom stereocenters. The van der Waals surface area contributed by atoms with E-state index in [9.17, 15) is 18.0 Å². The lowest BCUT2D eigenvalue weighted by Crippen LogP contribution is -2.10. The van der Waals surface area contributed by atoms with Crippen molar-refractivity contribution in [3.63, 3.8) is 0 Å². The number of halogens is 3. The highest BCUT2D eigenvalue weighted by atomic mass is 32.2. The number of carbonyl (C=O) groups is 1. The van der Waals surface area contributed by atoms with Gasteiger partial charge in [0.15, 0.2) is 0 Å². The number of thioether (sulfide) groups is 1. The van der Waals surface area contributed by atoms with Crippen LogP contribution in [0.15, 0.2) is 83.8 Å². The van der Waals surface area contributed by atoms with Crippen molar-refractivity contribution in [2.24, 2.45) is 0 Å². The standard InChI is InChI=1S/C26H23F3O3S/c1-17(15-16-32-23-11-13-24(14-12-23)33-18(2)25(30)31)19-3-5-20(6-4-19)21-7-9-22(10-8-21)26(27,28)29/h3-15,18H,16H2,1-2H3,(H,30,31)/b17-15+. The molecule has 3 aromatic rings. The minimum absolute atomic E-state index is 0.366. The van der Waals surface area contributed by atoms with Crippen LogP contribution in [-0.4, -0.2) is 22.9 Å². The molecule has 0 aliphatic carbocycles. The minimum atomic E-state index is -4.34. The Labute approximate surface area is 194 Å². The van der Waals surface area contributed by atoms with Gasteiger partial charge in [-0.05, 0) is 78.6 Å². The van der Waals surface area contributed by atoms with Crippen LogP contribution in [0.25, 0.3) is 16.7 Å². The summed E-state index contributed by atoms with van der Waals surface area (Å²) < 4.78 is 43.9. The summed E-state index contributed by atoms with van der Waals surface area (Å²) in [5.41, 5.74) is 2.90. The first-order chi connectivity index (χ1) is 15.6. The summed E-state index contributed by atoms with van der Waals surface area (Å²) in [5, 5.41) is 8.46. The fourth-order valence-corrected chi connectivity index (χ4v) is 3.83. The molecule has 0 radical (unpaired) electrons. The molecule has 0 heterocycles. The number of ether oxygens (including phenoxy) is 1. The van der Waals surface area contributed by atoms with Crippen molar-refractivity contribution in [1.29, 1.82) is 0 Å². The predicted molar refractivity (Wildman–Crippen MR) is 125 cm³/mol. The van der Waals surface area contributed by atoms with E-state index in [2.05, 4.69) is 0 Å². The van der Waals surface area contributed by atoms with Crippen LogP contribution in [0, 0.1) is 0 Å². The highest BCUT2D eigenvalue weighted by Gasteiger charge is 2.29. The number of rotatable bonds is 8. The maximum atomic E-state index is 12.7. The Morgan fingerprint density at radius 2 is 1.52 bits per heavy atom. The van der Waals surface area contributed by atoms with Crippen LogP contribution in [0.3, 0.4) is 0 Å². The topological polar surface area (TPSA) is 46.5 Å². The summed E-state index contributed by atoms with van der Waals surface area (Å²) in [6, 6.07) is 20.0. The van der Waals surface area contributed by atoms with Crippen molar-refractivity contribution >= 4 is 23.3 Å². The molecule has 0 fully saturated rings. The molecule has 33 heavy (non-hydrogen) atoms. The van der Waals surface area contributed by atoms with E-state index in [1.807, 2.05) is 49.4 Å². The van der Waals surface area contributed by atoms with Crippen LogP contribution >= 0.6 is 11.8 Å². The zero-order chi connectivity index (χ0) is 24.0. The van der Waals surface area contributed by atoms with Crippen molar-refractivity contribution in [3.8, 4) is 16.9 Å². The summed E-state index contributed by atoms with van der Waals surface area (Å²) in [6.45, 7) is 3.97. The highest BCUT2D eigenvalue weighted by molar-refractivity contribution is 8.00. The van der Waals surface area contributed by atoms with Crippen LogP contribution < -0.4 is 4.74 Å². The Morgan fingerprint density at radius 3 is 2.03 bits per heavy atom. The summed E-state index contributed by atoms with van der Waals surface area (Å²) in [6.07, 6.45) is -2.39. The van der Waals surface area contributed by atoms with E-state index in [1.54, 1.807) is 19.1 Å². The maximum Gasteiger partial charge on any atom is 0.416 e. The summed E-state index contributed by atoms with van der Waals surface area (Å²) in [4.78, 5) is 11.8. The van der Waals surface area contributed by atoms with E-state index in [-0.39, 0.29) is 0 Å². The Hall–Kier alpha value is -3.19. The first kappa shape index (κ1) is 24.5. The second-order valence-corrected chi connectivity index (χ2v) is 8.83. The monoisotopic (exact) mass is 472 g/mol. The van der Waals surface area contributed by atoms with E-state index in [0.29, 0.717) is 12.4 Å². The third-order valence-electron chi connectivity index (χ3n) is 5.01. The van der Waals surface area contributed by atoms with Crippen molar-refractivity contribution < 1.29 is 27.8 Å². The molecule has 0 aromatic heterocycles. The Balaban J connectivity index is 1.57. The molecule has 3 aromatic carbocycles. The van der Waals surface area contributed by atoms with E-state index >= 15 is 0 Å². The van der Waals surface area contributed by atoms with Crippen LogP contribution in [-0.2, 0) is 11.0 Å². The zero-order valence-electron chi connectivity index (χ0n) is 18.1. The third kappa shape index (κ3) is 6.89. The van der Waals surface area contributed by atoms with Gasteiger partial charge in [-0.1, -0.05) is 36.4 Å². The zero-order valence-corrected chi connectivity index (χ0v) is 18.9. The number of carboxylic acid groups (broad SMARTS) is 1. The average Bonchev–Trinajstić information content (AvgIpc) is 2.79. The normalized spacial score (nSPS) is 12.9. The van der Waals surface area contributed by atoms with Gasteiger partial charge in [-0.25, -0.2) is 0 Å². The van der Waals surface area contributed by atoms with Crippen LogP contribution in [0.2, 0.25) is 0 Å². The molecule has 0 spiro atoms. The Bertz CT molecular complexity index is 1100. The molecule has 0 saturated carbocycles.